The highest BCUT2D eigenvalue weighted by atomic mass is 19.4. The summed E-state index contributed by atoms with van der Waals surface area (Å²) in [6.45, 7) is 0. The summed E-state index contributed by atoms with van der Waals surface area (Å²) in [4.78, 5) is 25.9. The number of fused-ring (bicyclic) bond motifs is 1. The Balaban J connectivity index is 1.72. The van der Waals surface area contributed by atoms with E-state index >= 15 is 0 Å². The number of carbonyl (C=O) groups is 1. The predicted octanol–water partition coefficient (Wildman–Crippen LogP) is 3.82. The molecule has 0 aliphatic heterocycles. The molecule has 0 saturated carbocycles. The maximum absolute atomic E-state index is 12.7. The van der Waals surface area contributed by atoms with Crippen LogP contribution < -0.4 is 5.32 Å². The quantitative estimate of drug-likeness (QED) is 0.554. The Labute approximate surface area is 149 Å². The van der Waals surface area contributed by atoms with Gasteiger partial charge in [-0.15, -0.1) is 0 Å². The zero-order valence-corrected chi connectivity index (χ0v) is 13.5. The van der Waals surface area contributed by atoms with Gasteiger partial charge in [0.25, 0.3) is 11.6 Å². The van der Waals surface area contributed by atoms with Crippen LogP contribution in [0.5, 0.6) is 0 Å². The first-order chi connectivity index (χ1) is 12.8. The second-order valence-electron chi connectivity index (χ2n) is 5.45. The number of hydrogen-bond donors (Lipinski definition) is 1. The van der Waals surface area contributed by atoms with Crippen LogP contribution >= 0.6 is 0 Å². The van der Waals surface area contributed by atoms with Gasteiger partial charge < -0.3 is 9.88 Å². The van der Waals surface area contributed by atoms with Crippen LogP contribution in [0.25, 0.3) is 17.2 Å². The third kappa shape index (κ3) is 3.94. The van der Waals surface area contributed by atoms with E-state index in [1.54, 1.807) is 0 Å². The Morgan fingerprint density at radius 2 is 1.89 bits per heavy atom. The summed E-state index contributed by atoms with van der Waals surface area (Å²) in [5.41, 5.74) is -0.114. The Hall–Kier alpha value is -3.69. The molecule has 0 atom stereocenters. The summed E-state index contributed by atoms with van der Waals surface area (Å²) in [5, 5.41) is 13.1. The molecule has 3 aromatic rings. The molecule has 10 heteroatoms. The number of rotatable bonds is 4. The minimum atomic E-state index is -4.45. The van der Waals surface area contributed by atoms with Crippen LogP contribution in [0, 0.1) is 10.1 Å². The number of nitrogens with one attached hydrogen (secondary N) is 1. The number of alkyl halides is 3. The van der Waals surface area contributed by atoms with E-state index in [9.17, 15) is 28.1 Å². The molecule has 0 unspecified atom stereocenters. The highest BCUT2D eigenvalue weighted by Gasteiger charge is 2.30. The lowest BCUT2D eigenvalue weighted by atomic mass is 10.2. The smallest absolute Gasteiger partial charge is 0.327 e. The van der Waals surface area contributed by atoms with E-state index < -0.39 is 22.6 Å². The average Bonchev–Trinajstić information content (AvgIpc) is 3.03. The van der Waals surface area contributed by atoms with Gasteiger partial charge in [0, 0.05) is 30.1 Å². The maximum atomic E-state index is 12.7. The summed E-state index contributed by atoms with van der Waals surface area (Å²) in [7, 11) is 0. The fraction of sp³-hybridized carbons (Fsp3) is 0.0588. The minimum Gasteiger partial charge on any atom is -0.327 e. The molecule has 138 valence electrons. The number of nitro benzene ring substituents is 1. The first-order valence-corrected chi connectivity index (χ1v) is 7.51. The number of imidazole rings is 1. The molecule has 0 spiro atoms. The zero-order valence-electron chi connectivity index (χ0n) is 13.5. The molecule has 0 radical (unpaired) electrons. The molecule has 0 bridgehead atoms. The largest absolute Gasteiger partial charge is 0.416 e. The molecule has 27 heavy (non-hydrogen) atoms. The Morgan fingerprint density at radius 3 is 2.52 bits per heavy atom. The van der Waals surface area contributed by atoms with Crippen molar-refractivity contribution in [1.82, 2.24) is 14.9 Å². The van der Waals surface area contributed by atoms with E-state index in [4.69, 9.17) is 0 Å². The molecule has 7 nitrogen and oxygen atoms in total. The van der Waals surface area contributed by atoms with Crippen molar-refractivity contribution in [3.8, 4) is 0 Å². The lowest BCUT2D eigenvalue weighted by Crippen LogP contribution is -2.17. The third-order valence-corrected chi connectivity index (χ3v) is 3.69. The Bertz CT molecular complexity index is 1040. The van der Waals surface area contributed by atoms with Crippen molar-refractivity contribution in [2.75, 3.05) is 0 Å². The zero-order chi connectivity index (χ0) is 19.6. The molecule has 1 amide bonds. The molecule has 2 aromatic carbocycles. The Morgan fingerprint density at radius 1 is 1.19 bits per heavy atom. The van der Waals surface area contributed by atoms with Crippen LogP contribution in [0.3, 0.4) is 0 Å². The van der Waals surface area contributed by atoms with E-state index in [1.807, 2.05) is 0 Å². The molecule has 1 N–H and O–H groups in total. The van der Waals surface area contributed by atoms with Crippen LogP contribution in [0.4, 0.5) is 18.9 Å². The van der Waals surface area contributed by atoms with E-state index in [0.29, 0.717) is 5.52 Å². The lowest BCUT2D eigenvalue weighted by molar-refractivity contribution is -0.384. The maximum Gasteiger partial charge on any atom is 0.416 e. The van der Waals surface area contributed by atoms with Crippen molar-refractivity contribution >= 4 is 28.8 Å². The summed E-state index contributed by atoms with van der Waals surface area (Å²) in [6, 6.07) is 8.21. The fourth-order valence-corrected chi connectivity index (χ4v) is 2.34. The number of non-ortho nitro benzene ring substituents is 1. The van der Waals surface area contributed by atoms with Gasteiger partial charge in [-0.05, 0) is 30.3 Å². The number of halogens is 3. The van der Waals surface area contributed by atoms with Crippen molar-refractivity contribution in [3.63, 3.8) is 0 Å². The summed E-state index contributed by atoms with van der Waals surface area (Å²) in [5.74, 6) is -0.495. The highest BCUT2D eigenvalue weighted by Crippen LogP contribution is 2.31. The van der Waals surface area contributed by atoms with E-state index in [2.05, 4.69) is 10.3 Å². The Kier molecular flexibility index (Phi) is 4.63. The van der Waals surface area contributed by atoms with Crippen LogP contribution in [0.1, 0.15) is 15.9 Å². The number of amides is 1. The number of aromatic nitrogens is 2. The molecule has 0 aliphatic carbocycles. The van der Waals surface area contributed by atoms with Crippen molar-refractivity contribution < 1.29 is 22.9 Å². The fourth-order valence-electron chi connectivity index (χ4n) is 2.34. The van der Waals surface area contributed by atoms with Crippen molar-refractivity contribution in [3.05, 3.63) is 76.2 Å². The van der Waals surface area contributed by atoms with Gasteiger partial charge in [0.1, 0.15) is 0 Å². The second-order valence-corrected chi connectivity index (χ2v) is 5.45. The topological polar surface area (TPSA) is 90.1 Å². The van der Waals surface area contributed by atoms with Gasteiger partial charge in [-0.1, -0.05) is 0 Å². The van der Waals surface area contributed by atoms with E-state index in [0.717, 1.165) is 12.1 Å². The van der Waals surface area contributed by atoms with Gasteiger partial charge >= 0.3 is 6.18 Å². The van der Waals surface area contributed by atoms with Gasteiger partial charge in [-0.3, -0.25) is 14.9 Å². The number of hydrogen-bond acceptors (Lipinski definition) is 4. The van der Waals surface area contributed by atoms with Crippen LogP contribution in [-0.2, 0) is 6.18 Å². The molecular formula is C17H11F3N4O3. The van der Waals surface area contributed by atoms with Gasteiger partial charge in [-0.25, -0.2) is 4.98 Å². The molecule has 3 rings (SSSR count). The average molecular weight is 376 g/mol. The predicted molar refractivity (Wildman–Crippen MR) is 90.6 cm³/mol. The number of nitrogens with zero attached hydrogens (tertiary/aromatic N) is 3. The second kappa shape index (κ2) is 6.90. The van der Waals surface area contributed by atoms with Gasteiger partial charge in [0.05, 0.1) is 27.8 Å². The minimum absolute atomic E-state index is 0.134. The van der Waals surface area contributed by atoms with Crippen LogP contribution in [0.2, 0.25) is 0 Å². The SMILES string of the molecule is O=C(NC=Cn1cnc2cc(C(F)(F)F)ccc21)c1ccc([N+](=O)[O-])cc1. The molecular weight excluding hydrogens is 365 g/mol. The van der Waals surface area contributed by atoms with Crippen molar-refractivity contribution in [1.29, 1.82) is 0 Å². The number of nitro groups is 1. The monoisotopic (exact) mass is 376 g/mol. The van der Waals surface area contributed by atoms with Gasteiger partial charge in [0.15, 0.2) is 0 Å². The number of carbonyl (C=O) groups excluding carboxylic acids is 1. The molecule has 1 aromatic heterocycles. The third-order valence-electron chi connectivity index (χ3n) is 3.69. The summed E-state index contributed by atoms with van der Waals surface area (Å²) >= 11 is 0. The van der Waals surface area contributed by atoms with Crippen molar-refractivity contribution in [2.24, 2.45) is 0 Å². The normalized spacial score (nSPS) is 11.8. The van der Waals surface area contributed by atoms with Gasteiger partial charge in [-0.2, -0.15) is 13.2 Å². The van der Waals surface area contributed by atoms with E-state index in [1.165, 1.54) is 53.6 Å². The molecule has 1 heterocycles. The lowest BCUT2D eigenvalue weighted by Gasteiger charge is -2.06. The highest BCUT2D eigenvalue weighted by molar-refractivity contribution is 5.95. The van der Waals surface area contributed by atoms with E-state index in [-0.39, 0.29) is 16.8 Å². The first-order valence-electron chi connectivity index (χ1n) is 7.51. The van der Waals surface area contributed by atoms with Crippen molar-refractivity contribution in [2.45, 2.75) is 6.18 Å². The van der Waals surface area contributed by atoms with Crippen LogP contribution in [-0.4, -0.2) is 20.4 Å². The summed E-state index contributed by atoms with van der Waals surface area (Å²) < 4.78 is 39.6. The number of benzene rings is 2. The molecule has 0 saturated heterocycles. The molecule has 0 fully saturated rings. The van der Waals surface area contributed by atoms with Gasteiger partial charge in [0.2, 0.25) is 0 Å². The summed E-state index contributed by atoms with van der Waals surface area (Å²) in [6.07, 6.45) is -0.416. The standard InChI is InChI=1S/C17H11F3N4O3/c18-17(19,20)12-3-6-15-14(9-12)22-10-23(15)8-7-21-16(25)11-1-4-13(5-2-11)24(26)27/h1-10H,(H,21,25). The first kappa shape index (κ1) is 18.1. The van der Waals surface area contributed by atoms with Crippen LogP contribution in [0.15, 0.2) is 55.0 Å². The molecule has 0 aliphatic rings.